The predicted molar refractivity (Wildman–Crippen MR) is 92.9 cm³/mol. The molecule has 1 aliphatic rings. The lowest BCUT2D eigenvalue weighted by Crippen LogP contribution is -2.26. The highest BCUT2D eigenvalue weighted by Crippen LogP contribution is 2.23. The smallest absolute Gasteiger partial charge is 0.227 e. The third-order valence-corrected chi connectivity index (χ3v) is 5.09. The average Bonchev–Trinajstić information content (AvgIpc) is 3.12. The van der Waals surface area contributed by atoms with Gasteiger partial charge in [0.15, 0.2) is 5.78 Å². The number of rotatable bonds is 5. The molecule has 0 aliphatic carbocycles. The molecule has 0 aromatic carbocycles. The molecule has 0 saturated carbocycles. The molecular weight excluding hydrogens is 322 g/mol. The van der Waals surface area contributed by atoms with Crippen LogP contribution in [0.15, 0.2) is 17.6 Å². The minimum absolute atomic E-state index is 0.0419. The number of thiophene rings is 1. The maximum Gasteiger partial charge on any atom is 0.227 e. The van der Waals surface area contributed by atoms with Gasteiger partial charge in [-0.2, -0.15) is 0 Å². The van der Waals surface area contributed by atoms with Gasteiger partial charge in [0, 0.05) is 24.7 Å². The third-order valence-electron chi connectivity index (χ3n) is 4.01. The molecule has 5 nitrogen and oxygen atoms in total. The quantitative estimate of drug-likeness (QED) is 0.783. The number of fused-ring (bicyclic) bond motifs is 1. The number of ketones is 1. The lowest BCUT2D eigenvalue weighted by atomic mass is 10.1. The number of hydrogen-bond acceptors (Lipinski definition) is 5. The highest BCUT2D eigenvalue weighted by Gasteiger charge is 2.25. The van der Waals surface area contributed by atoms with E-state index in [0.29, 0.717) is 30.3 Å². The number of nitrogens with zero attached hydrogens (tertiary/aromatic N) is 3. The van der Waals surface area contributed by atoms with E-state index in [1.807, 2.05) is 22.5 Å². The molecule has 1 amide bonds. The standard InChI is InChI=1S/C18H21N3O2S/c1-11(2)4-17-19-7-14-8-21(9-15(14)20-17)18(23)6-13-5-16(12(3)22)24-10-13/h5,7,10-11H,4,6,8-9H2,1-3H3. The normalized spacial score (nSPS) is 13.4. The van der Waals surface area contributed by atoms with Gasteiger partial charge in [-0.15, -0.1) is 11.3 Å². The van der Waals surface area contributed by atoms with Crippen molar-refractivity contribution in [2.75, 3.05) is 0 Å². The Morgan fingerprint density at radius 2 is 2.12 bits per heavy atom. The van der Waals surface area contributed by atoms with E-state index in [4.69, 9.17) is 0 Å². The van der Waals surface area contributed by atoms with Crippen molar-refractivity contribution in [3.8, 4) is 0 Å². The molecule has 0 spiro atoms. The first kappa shape index (κ1) is 16.8. The average molecular weight is 343 g/mol. The van der Waals surface area contributed by atoms with Crippen molar-refractivity contribution in [2.45, 2.75) is 46.7 Å². The molecule has 126 valence electrons. The Morgan fingerprint density at radius 3 is 2.79 bits per heavy atom. The van der Waals surface area contributed by atoms with Crippen molar-refractivity contribution in [1.82, 2.24) is 14.9 Å². The highest BCUT2D eigenvalue weighted by molar-refractivity contribution is 7.12. The molecule has 3 heterocycles. The summed E-state index contributed by atoms with van der Waals surface area (Å²) in [7, 11) is 0. The first-order valence-electron chi connectivity index (χ1n) is 8.12. The van der Waals surface area contributed by atoms with E-state index in [0.717, 1.165) is 29.1 Å². The van der Waals surface area contributed by atoms with Crippen LogP contribution in [0.4, 0.5) is 0 Å². The van der Waals surface area contributed by atoms with Crippen molar-refractivity contribution < 1.29 is 9.59 Å². The first-order valence-corrected chi connectivity index (χ1v) is 9.00. The van der Waals surface area contributed by atoms with Crippen molar-refractivity contribution >= 4 is 23.0 Å². The summed E-state index contributed by atoms with van der Waals surface area (Å²) >= 11 is 1.39. The monoisotopic (exact) mass is 343 g/mol. The summed E-state index contributed by atoms with van der Waals surface area (Å²) in [5.74, 6) is 1.46. The van der Waals surface area contributed by atoms with Crippen LogP contribution in [0, 0.1) is 5.92 Å². The van der Waals surface area contributed by atoms with Gasteiger partial charge in [-0.3, -0.25) is 9.59 Å². The lowest BCUT2D eigenvalue weighted by molar-refractivity contribution is -0.131. The van der Waals surface area contributed by atoms with E-state index in [2.05, 4.69) is 23.8 Å². The fourth-order valence-electron chi connectivity index (χ4n) is 2.77. The molecule has 3 rings (SSSR count). The summed E-state index contributed by atoms with van der Waals surface area (Å²) in [6, 6.07) is 1.81. The van der Waals surface area contributed by atoms with E-state index in [1.54, 1.807) is 6.92 Å². The van der Waals surface area contributed by atoms with Crippen LogP contribution in [0.1, 0.15) is 53.1 Å². The molecule has 2 aromatic rings. The zero-order chi connectivity index (χ0) is 17.3. The van der Waals surface area contributed by atoms with Crippen LogP contribution in [0.5, 0.6) is 0 Å². The van der Waals surface area contributed by atoms with E-state index < -0.39 is 0 Å². The third kappa shape index (κ3) is 3.70. The van der Waals surface area contributed by atoms with Gasteiger partial charge < -0.3 is 4.90 Å². The number of carbonyl (C=O) groups is 2. The van der Waals surface area contributed by atoms with Gasteiger partial charge >= 0.3 is 0 Å². The molecule has 2 aromatic heterocycles. The largest absolute Gasteiger partial charge is 0.332 e. The van der Waals surface area contributed by atoms with Gasteiger partial charge in [0.1, 0.15) is 5.82 Å². The number of carbonyl (C=O) groups excluding carboxylic acids is 2. The molecule has 24 heavy (non-hydrogen) atoms. The zero-order valence-corrected chi connectivity index (χ0v) is 15.0. The molecule has 0 atom stereocenters. The molecule has 0 radical (unpaired) electrons. The van der Waals surface area contributed by atoms with Gasteiger partial charge in [0.05, 0.1) is 23.5 Å². The van der Waals surface area contributed by atoms with Crippen molar-refractivity contribution in [1.29, 1.82) is 0 Å². The molecule has 1 aliphatic heterocycles. The van der Waals surface area contributed by atoms with Crippen LogP contribution >= 0.6 is 11.3 Å². The molecular formula is C18H21N3O2S. The van der Waals surface area contributed by atoms with Crippen molar-refractivity contribution in [3.63, 3.8) is 0 Å². The number of aromatic nitrogens is 2. The minimum atomic E-state index is 0.0419. The molecule has 0 N–H and O–H groups in total. The van der Waals surface area contributed by atoms with Gasteiger partial charge in [-0.1, -0.05) is 13.8 Å². The van der Waals surface area contributed by atoms with Gasteiger partial charge in [0.25, 0.3) is 0 Å². The predicted octanol–water partition coefficient (Wildman–Crippen LogP) is 3.02. The first-order chi connectivity index (χ1) is 11.4. The zero-order valence-electron chi connectivity index (χ0n) is 14.2. The summed E-state index contributed by atoms with van der Waals surface area (Å²) in [5.41, 5.74) is 2.90. The molecule has 0 saturated heterocycles. The van der Waals surface area contributed by atoms with Crippen LogP contribution in [0.25, 0.3) is 0 Å². The summed E-state index contributed by atoms with van der Waals surface area (Å²) in [6.07, 6.45) is 3.03. The molecule has 0 bridgehead atoms. The second-order valence-electron chi connectivity index (χ2n) is 6.66. The van der Waals surface area contributed by atoms with Gasteiger partial charge in [-0.25, -0.2) is 9.97 Å². The second-order valence-corrected chi connectivity index (χ2v) is 7.57. The lowest BCUT2D eigenvalue weighted by Gasteiger charge is -2.14. The SMILES string of the molecule is CC(=O)c1cc(CC(=O)N2Cc3cnc(CC(C)C)nc3C2)cs1. The fourth-order valence-corrected chi connectivity index (χ4v) is 3.59. The van der Waals surface area contributed by atoms with E-state index >= 15 is 0 Å². The minimum Gasteiger partial charge on any atom is -0.332 e. The summed E-state index contributed by atoms with van der Waals surface area (Å²) in [4.78, 5) is 35.4. The maximum atomic E-state index is 12.5. The Balaban J connectivity index is 1.65. The van der Waals surface area contributed by atoms with E-state index in [1.165, 1.54) is 11.3 Å². The Labute approximate surface area is 145 Å². The van der Waals surface area contributed by atoms with Crippen LogP contribution in [-0.4, -0.2) is 26.6 Å². The summed E-state index contributed by atoms with van der Waals surface area (Å²) in [6.45, 7) is 6.94. The van der Waals surface area contributed by atoms with Gasteiger partial charge in [-0.05, 0) is 29.9 Å². The van der Waals surface area contributed by atoms with E-state index in [-0.39, 0.29) is 11.7 Å². The second kappa shape index (κ2) is 6.81. The Hall–Kier alpha value is -2.08. The Kier molecular flexibility index (Phi) is 4.76. The topological polar surface area (TPSA) is 63.2 Å². The summed E-state index contributed by atoms with van der Waals surface area (Å²) in [5, 5.41) is 1.89. The van der Waals surface area contributed by atoms with Crippen LogP contribution in [0.3, 0.4) is 0 Å². The van der Waals surface area contributed by atoms with Crippen LogP contribution in [-0.2, 0) is 30.7 Å². The Bertz CT molecular complexity index is 782. The maximum absolute atomic E-state index is 12.5. The van der Waals surface area contributed by atoms with Crippen LogP contribution in [0.2, 0.25) is 0 Å². The molecule has 0 fully saturated rings. The fraction of sp³-hybridized carbons (Fsp3) is 0.444. The van der Waals surface area contributed by atoms with E-state index in [9.17, 15) is 9.59 Å². The summed E-state index contributed by atoms with van der Waals surface area (Å²) < 4.78 is 0. The number of hydrogen-bond donors (Lipinski definition) is 0. The van der Waals surface area contributed by atoms with Crippen molar-refractivity contribution in [3.05, 3.63) is 45.2 Å². The van der Waals surface area contributed by atoms with Crippen LogP contribution < -0.4 is 0 Å². The Morgan fingerprint density at radius 1 is 1.33 bits per heavy atom. The van der Waals surface area contributed by atoms with Gasteiger partial charge in [0.2, 0.25) is 5.91 Å². The number of amides is 1. The number of Topliss-reactive ketones (excluding diaryl/α,β-unsaturated/α-hetero) is 1. The highest BCUT2D eigenvalue weighted by atomic mass is 32.1. The molecule has 6 heteroatoms. The molecule has 0 unspecified atom stereocenters. The van der Waals surface area contributed by atoms with Crippen molar-refractivity contribution in [2.24, 2.45) is 5.92 Å².